The fourth-order valence-electron chi connectivity index (χ4n) is 2.53. The number of nitrogens with zero attached hydrogens (tertiary/aromatic N) is 1. The standard InChI is InChI=1S/C20H24Cl2N2O3S/c1-4-15(3)23-20(25)13-24(12-17-18(21)6-5-7-19(17)22)28(26,27)16-10-8-14(2)9-11-16/h5-11,15H,4,12-13H2,1-3H3,(H,23,25)/t15-/m0/s1. The Balaban J connectivity index is 2.40. The molecule has 0 saturated carbocycles. The Hall–Kier alpha value is -1.60. The van der Waals surface area contributed by atoms with Gasteiger partial charge in [-0.15, -0.1) is 0 Å². The van der Waals surface area contributed by atoms with Gasteiger partial charge in [0.15, 0.2) is 0 Å². The predicted molar refractivity (Wildman–Crippen MR) is 113 cm³/mol. The first-order chi connectivity index (χ1) is 13.1. The van der Waals surface area contributed by atoms with E-state index in [4.69, 9.17) is 23.2 Å². The van der Waals surface area contributed by atoms with Gasteiger partial charge in [0.25, 0.3) is 0 Å². The quantitative estimate of drug-likeness (QED) is 0.658. The van der Waals surface area contributed by atoms with Gasteiger partial charge >= 0.3 is 0 Å². The van der Waals surface area contributed by atoms with Crippen molar-refractivity contribution < 1.29 is 13.2 Å². The molecule has 0 radical (unpaired) electrons. The third kappa shape index (κ3) is 5.70. The van der Waals surface area contributed by atoms with Crippen LogP contribution in [0.2, 0.25) is 10.0 Å². The molecule has 0 aliphatic rings. The lowest BCUT2D eigenvalue weighted by Crippen LogP contribution is -2.43. The second-order valence-corrected chi connectivity index (χ2v) is 9.42. The Bertz CT molecular complexity index is 911. The number of carbonyl (C=O) groups excluding carboxylic acids is 1. The minimum absolute atomic E-state index is 0.0552. The molecule has 0 aliphatic heterocycles. The molecule has 0 bridgehead atoms. The Kier molecular flexibility index (Phi) is 7.89. The summed E-state index contributed by atoms with van der Waals surface area (Å²) in [5.74, 6) is -0.381. The van der Waals surface area contributed by atoms with E-state index in [9.17, 15) is 13.2 Å². The van der Waals surface area contributed by atoms with Crippen LogP contribution in [0.3, 0.4) is 0 Å². The molecule has 0 aliphatic carbocycles. The van der Waals surface area contributed by atoms with E-state index in [0.717, 1.165) is 16.3 Å². The summed E-state index contributed by atoms with van der Waals surface area (Å²) in [4.78, 5) is 12.5. The molecule has 28 heavy (non-hydrogen) atoms. The number of benzene rings is 2. The van der Waals surface area contributed by atoms with E-state index in [-0.39, 0.29) is 29.9 Å². The molecule has 1 N–H and O–H groups in total. The number of sulfonamides is 1. The fourth-order valence-corrected chi connectivity index (χ4v) is 4.41. The average molecular weight is 443 g/mol. The first-order valence-electron chi connectivity index (χ1n) is 8.94. The minimum Gasteiger partial charge on any atom is -0.353 e. The third-order valence-corrected chi connectivity index (χ3v) is 6.91. The summed E-state index contributed by atoms with van der Waals surface area (Å²) in [7, 11) is -3.93. The molecule has 2 aromatic rings. The van der Waals surface area contributed by atoms with Crippen molar-refractivity contribution in [3.63, 3.8) is 0 Å². The highest BCUT2D eigenvalue weighted by Gasteiger charge is 2.28. The lowest BCUT2D eigenvalue weighted by atomic mass is 10.2. The van der Waals surface area contributed by atoms with Crippen LogP contribution in [0.4, 0.5) is 0 Å². The summed E-state index contributed by atoms with van der Waals surface area (Å²) in [5, 5.41) is 3.49. The Morgan fingerprint density at radius 2 is 1.68 bits per heavy atom. The smallest absolute Gasteiger partial charge is 0.243 e. The van der Waals surface area contributed by atoms with E-state index in [1.165, 1.54) is 12.1 Å². The summed E-state index contributed by atoms with van der Waals surface area (Å²) in [6.07, 6.45) is 0.743. The van der Waals surface area contributed by atoms with E-state index in [1.54, 1.807) is 30.3 Å². The number of carbonyl (C=O) groups is 1. The van der Waals surface area contributed by atoms with E-state index >= 15 is 0 Å². The summed E-state index contributed by atoms with van der Waals surface area (Å²) >= 11 is 12.5. The number of hydrogen-bond acceptors (Lipinski definition) is 3. The zero-order valence-electron chi connectivity index (χ0n) is 16.1. The Morgan fingerprint density at radius 1 is 1.11 bits per heavy atom. The highest BCUT2D eigenvalue weighted by molar-refractivity contribution is 7.89. The predicted octanol–water partition coefficient (Wildman–Crippen LogP) is 4.41. The molecule has 2 rings (SSSR count). The van der Waals surface area contributed by atoms with Crippen molar-refractivity contribution in [3.8, 4) is 0 Å². The van der Waals surface area contributed by atoms with E-state index < -0.39 is 10.0 Å². The largest absolute Gasteiger partial charge is 0.353 e. The zero-order valence-corrected chi connectivity index (χ0v) is 18.4. The fraction of sp³-hybridized carbons (Fsp3) is 0.350. The lowest BCUT2D eigenvalue weighted by Gasteiger charge is -2.24. The van der Waals surface area contributed by atoms with Crippen molar-refractivity contribution in [1.82, 2.24) is 9.62 Å². The molecule has 0 aromatic heterocycles. The zero-order chi connectivity index (χ0) is 20.9. The number of rotatable bonds is 8. The van der Waals surface area contributed by atoms with Gasteiger partial charge in [-0.3, -0.25) is 4.79 Å². The highest BCUT2D eigenvalue weighted by atomic mass is 35.5. The molecule has 0 spiro atoms. The van der Waals surface area contributed by atoms with Crippen LogP contribution in [0.1, 0.15) is 31.4 Å². The summed E-state index contributed by atoms with van der Waals surface area (Å²) in [6, 6.07) is 11.4. The normalized spacial score (nSPS) is 12.8. The van der Waals surface area contributed by atoms with Gasteiger partial charge in [0.2, 0.25) is 15.9 Å². The van der Waals surface area contributed by atoms with Gasteiger partial charge < -0.3 is 5.32 Å². The van der Waals surface area contributed by atoms with Crippen LogP contribution in [0, 0.1) is 6.92 Å². The second-order valence-electron chi connectivity index (χ2n) is 6.66. The first kappa shape index (κ1) is 22.7. The Labute approximate surface area is 176 Å². The van der Waals surface area contributed by atoms with Crippen LogP contribution in [0.25, 0.3) is 0 Å². The number of halogens is 2. The molecule has 0 fully saturated rings. The van der Waals surface area contributed by atoms with E-state index in [0.29, 0.717) is 15.6 Å². The monoisotopic (exact) mass is 442 g/mol. The highest BCUT2D eigenvalue weighted by Crippen LogP contribution is 2.28. The molecule has 2 aromatic carbocycles. The summed E-state index contributed by atoms with van der Waals surface area (Å²) in [5.41, 5.74) is 1.40. The molecule has 152 valence electrons. The average Bonchev–Trinajstić information content (AvgIpc) is 2.64. The third-order valence-electron chi connectivity index (χ3n) is 4.39. The maximum Gasteiger partial charge on any atom is 0.243 e. The number of amides is 1. The van der Waals surface area contributed by atoms with E-state index in [1.807, 2.05) is 20.8 Å². The van der Waals surface area contributed by atoms with Crippen molar-refractivity contribution in [3.05, 3.63) is 63.6 Å². The van der Waals surface area contributed by atoms with Gasteiger partial charge in [0.1, 0.15) is 0 Å². The summed E-state index contributed by atoms with van der Waals surface area (Å²) < 4.78 is 27.5. The second kappa shape index (κ2) is 9.74. The molecule has 8 heteroatoms. The van der Waals surface area contributed by atoms with Crippen molar-refractivity contribution >= 4 is 39.1 Å². The van der Waals surface area contributed by atoms with Gasteiger partial charge in [-0.2, -0.15) is 4.31 Å². The summed E-state index contributed by atoms with van der Waals surface area (Å²) in [6.45, 7) is 5.24. The van der Waals surface area contributed by atoms with Crippen molar-refractivity contribution in [2.75, 3.05) is 6.54 Å². The van der Waals surface area contributed by atoms with Crippen LogP contribution in [-0.4, -0.2) is 31.2 Å². The van der Waals surface area contributed by atoms with Gasteiger partial charge in [0, 0.05) is 28.2 Å². The van der Waals surface area contributed by atoms with Crippen LogP contribution in [0.5, 0.6) is 0 Å². The van der Waals surface area contributed by atoms with Crippen LogP contribution < -0.4 is 5.32 Å². The van der Waals surface area contributed by atoms with E-state index in [2.05, 4.69) is 5.32 Å². The lowest BCUT2D eigenvalue weighted by molar-refractivity contribution is -0.122. The van der Waals surface area contributed by atoms with Gasteiger partial charge in [-0.25, -0.2) is 8.42 Å². The number of hydrogen-bond donors (Lipinski definition) is 1. The number of aryl methyl sites for hydroxylation is 1. The molecular weight excluding hydrogens is 419 g/mol. The van der Waals surface area contributed by atoms with Crippen molar-refractivity contribution in [2.45, 2.75) is 44.7 Å². The SMILES string of the molecule is CC[C@H](C)NC(=O)CN(Cc1c(Cl)cccc1Cl)S(=O)(=O)c1ccc(C)cc1. The topological polar surface area (TPSA) is 66.5 Å². The van der Waals surface area contributed by atoms with Gasteiger partial charge in [-0.1, -0.05) is 53.9 Å². The van der Waals surface area contributed by atoms with Crippen molar-refractivity contribution in [2.24, 2.45) is 0 Å². The number of nitrogens with one attached hydrogen (secondary N) is 1. The maximum absolute atomic E-state index is 13.2. The van der Waals surface area contributed by atoms with Crippen molar-refractivity contribution in [1.29, 1.82) is 0 Å². The van der Waals surface area contributed by atoms with Crippen LogP contribution >= 0.6 is 23.2 Å². The van der Waals surface area contributed by atoms with Crippen LogP contribution in [0.15, 0.2) is 47.4 Å². The molecule has 0 saturated heterocycles. The van der Waals surface area contributed by atoms with Gasteiger partial charge in [-0.05, 0) is 44.5 Å². The molecule has 5 nitrogen and oxygen atoms in total. The maximum atomic E-state index is 13.2. The first-order valence-corrected chi connectivity index (χ1v) is 11.1. The molecule has 0 heterocycles. The Morgan fingerprint density at radius 3 is 2.21 bits per heavy atom. The molecule has 0 unspecified atom stereocenters. The van der Waals surface area contributed by atoms with Gasteiger partial charge in [0.05, 0.1) is 11.4 Å². The van der Waals surface area contributed by atoms with Crippen LogP contribution in [-0.2, 0) is 21.4 Å². The molecular formula is C20H24Cl2N2O3S. The molecule has 1 atom stereocenters. The minimum atomic E-state index is -3.93. The molecule has 1 amide bonds.